The summed E-state index contributed by atoms with van der Waals surface area (Å²) in [5, 5.41) is 0.505. The molecule has 2 heterocycles. The Morgan fingerprint density at radius 3 is 2.34 bits per heavy atom. The number of halogens is 1. The van der Waals surface area contributed by atoms with Crippen LogP contribution < -0.4 is 4.74 Å². The van der Waals surface area contributed by atoms with E-state index >= 15 is 0 Å². The summed E-state index contributed by atoms with van der Waals surface area (Å²) >= 11 is 6.18. The third kappa shape index (κ3) is 3.86. The standard InChI is InChI=1S/C22H19ClN2O3S/c1-15-3-10-19(11-4-15)29(26,27)14-20-22(16-5-8-18(28-2)9-6-16)24-21-12-7-17(23)13-25(20)21/h3-13H,14H2,1-2H3. The highest BCUT2D eigenvalue weighted by molar-refractivity contribution is 7.90. The van der Waals surface area contributed by atoms with Crippen LogP contribution in [0.4, 0.5) is 0 Å². The van der Waals surface area contributed by atoms with Crippen molar-refractivity contribution in [3.05, 3.63) is 83.1 Å². The summed E-state index contributed by atoms with van der Waals surface area (Å²) in [6.07, 6.45) is 1.69. The van der Waals surface area contributed by atoms with Crippen LogP contribution >= 0.6 is 11.6 Å². The van der Waals surface area contributed by atoms with E-state index in [1.165, 1.54) is 0 Å². The molecule has 0 unspecified atom stereocenters. The van der Waals surface area contributed by atoms with Crippen LogP contribution in [-0.2, 0) is 15.6 Å². The van der Waals surface area contributed by atoms with Gasteiger partial charge in [0.2, 0.25) is 0 Å². The molecule has 2 aromatic heterocycles. The minimum absolute atomic E-state index is 0.196. The number of ether oxygens (including phenoxy) is 1. The molecular weight excluding hydrogens is 408 g/mol. The second kappa shape index (κ2) is 7.54. The van der Waals surface area contributed by atoms with Crippen molar-refractivity contribution in [3.63, 3.8) is 0 Å². The van der Waals surface area contributed by atoms with Crippen LogP contribution in [0.25, 0.3) is 16.9 Å². The molecule has 7 heteroatoms. The Kier molecular flexibility index (Phi) is 5.06. The number of rotatable bonds is 5. The number of fused-ring (bicyclic) bond motifs is 1. The molecule has 0 atom stereocenters. The van der Waals surface area contributed by atoms with Crippen LogP contribution in [0.15, 0.2) is 71.8 Å². The predicted molar refractivity (Wildman–Crippen MR) is 114 cm³/mol. The fourth-order valence-corrected chi connectivity index (χ4v) is 4.71. The SMILES string of the molecule is COc1ccc(-c2nc3ccc(Cl)cn3c2CS(=O)(=O)c2ccc(C)cc2)cc1. The van der Waals surface area contributed by atoms with Gasteiger partial charge in [-0.1, -0.05) is 29.3 Å². The summed E-state index contributed by atoms with van der Waals surface area (Å²) in [7, 11) is -1.98. The Morgan fingerprint density at radius 2 is 1.69 bits per heavy atom. The maximum Gasteiger partial charge on any atom is 0.184 e. The zero-order chi connectivity index (χ0) is 20.6. The van der Waals surface area contributed by atoms with Gasteiger partial charge in [0, 0.05) is 11.8 Å². The van der Waals surface area contributed by atoms with Crippen LogP contribution in [0.1, 0.15) is 11.3 Å². The largest absolute Gasteiger partial charge is 0.497 e. The summed E-state index contributed by atoms with van der Waals surface area (Å²) in [5.74, 6) is 0.522. The first-order valence-corrected chi connectivity index (χ1v) is 11.0. The lowest BCUT2D eigenvalue weighted by Gasteiger charge is -2.08. The molecule has 4 rings (SSSR count). The molecule has 0 saturated heterocycles. The average Bonchev–Trinajstić information content (AvgIpc) is 3.05. The topological polar surface area (TPSA) is 60.7 Å². The van der Waals surface area contributed by atoms with Crippen molar-refractivity contribution >= 4 is 27.1 Å². The Morgan fingerprint density at radius 1 is 1.00 bits per heavy atom. The van der Waals surface area contributed by atoms with Crippen molar-refractivity contribution in [2.24, 2.45) is 0 Å². The van der Waals surface area contributed by atoms with E-state index < -0.39 is 9.84 Å². The molecule has 5 nitrogen and oxygen atoms in total. The Hall–Kier alpha value is -2.83. The van der Waals surface area contributed by atoms with Gasteiger partial charge in [-0.2, -0.15) is 0 Å². The van der Waals surface area contributed by atoms with E-state index in [1.807, 2.05) is 31.2 Å². The molecule has 0 aliphatic rings. The number of imidazole rings is 1. The summed E-state index contributed by atoms with van der Waals surface area (Å²) in [4.78, 5) is 4.95. The molecule has 2 aromatic carbocycles. The number of benzene rings is 2. The maximum atomic E-state index is 13.1. The average molecular weight is 427 g/mol. The molecule has 0 bridgehead atoms. The number of nitrogens with zero attached hydrogens (tertiary/aromatic N) is 2. The van der Waals surface area contributed by atoms with E-state index in [9.17, 15) is 8.42 Å². The van der Waals surface area contributed by atoms with Crippen LogP contribution in [0.3, 0.4) is 0 Å². The quantitative estimate of drug-likeness (QED) is 0.453. The van der Waals surface area contributed by atoms with Crippen LogP contribution in [0.5, 0.6) is 5.75 Å². The van der Waals surface area contributed by atoms with Crippen molar-refractivity contribution in [3.8, 4) is 17.0 Å². The highest BCUT2D eigenvalue weighted by atomic mass is 35.5. The third-order valence-corrected chi connectivity index (χ3v) is 6.62. The lowest BCUT2D eigenvalue weighted by atomic mass is 10.1. The van der Waals surface area contributed by atoms with Crippen LogP contribution in [0.2, 0.25) is 5.02 Å². The molecule has 4 aromatic rings. The fourth-order valence-electron chi connectivity index (χ4n) is 3.19. The minimum atomic E-state index is -3.58. The number of aromatic nitrogens is 2. The Balaban J connectivity index is 1.87. The molecule has 0 spiro atoms. The summed E-state index contributed by atoms with van der Waals surface area (Å²) in [6, 6.07) is 17.7. The summed E-state index contributed by atoms with van der Waals surface area (Å²) in [6.45, 7) is 1.92. The number of hydrogen-bond acceptors (Lipinski definition) is 4. The highest BCUT2D eigenvalue weighted by Gasteiger charge is 2.22. The minimum Gasteiger partial charge on any atom is -0.497 e. The zero-order valence-electron chi connectivity index (χ0n) is 16.0. The smallest absolute Gasteiger partial charge is 0.184 e. The number of aryl methyl sites for hydroxylation is 1. The van der Waals surface area contributed by atoms with Crippen molar-refractivity contribution < 1.29 is 13.2 Å². The number of pyridine rings is 1. The van der Waals surface area contributed by atoms with Gasteiger partial charge in [-0.25, -0.2) is 13.4 Å². The lowest BCUT2D eigenvalue weighted by molar-refractivity contribution is 0.415. The van der Waals surface area contributed by atoms with E-state index in [-0.39, 0.29) is 10.6 Å². The molecular formula is C22H19ClN2O3S. The van der Waals surface area contributed by atoms with Gasteiger partial charge in [-0.05, 0) is 55.5 Å². The molecule has 0 radical (unpaired) electrons. The van der Waals surface area contributed by atoms with Crippen molar-refractivity contribution in [1.82, 2.24) is 9.38 Å². The van der Waals surface area contributed by atoms with Gasteiger partial charge < -0.3 is 9.14 Å². The van der Waals surface area contributed by atoms with Gasteiger partial charge in [0.1, 0.15) is 11.4 Å². The fraction of sp³-hybridized carbons (Fsp3) is 0.136. The van der Waals surface area contributed by atoms with E-state index in [0.717, 1.165) is 16.9 Å². The summed E-state index contributed by atoms with van der Waals surface area (Å²) in [5.41, 5.74) is 3.61. The third-order valence-electron chi connectivity index (χ3n) is 4.75. The molecule has 148 valence electrons. The highest BCUT2D eigenvalue weighted by Crippen LogP contribution is 2.30. The van der Waals surface area contributed by atoms with Crippen molar-refractivity contribution in [2.75, 3.05) is 7.11 Å². The number of hydrogen-bond donors (Lipinski definition) is 0. The first-order chi connectivity index (χ1) is 13.9. The van der Waals surface area contributed by atoms with Gasteiger partial charge in [0.25, 0.3) is 0 Å². The van der Waals surface area contributed by atoms with E-state index in [0.29, 0.717) is 22.1 Å². The van der Waals surface area contributed by atoms with Gasteiger partial charge >= 0.3 is 0 Å². The van der Waals surface area contributed by atoms with Gasteiger partial charge in [-0.3, -0.25) is 0 Å². The number of sulfone groups is 1. The molecule has 0 saturated carbocycles. The molecule has 0 aliphatic heterocycles. The molecule has 29 heavy (non-hydrogen) atoms. The predicted octanol–water partition coefficient (Wildman–Crippen LogP) is 4.95. The molecule has 0 fully saturated rings. The van der Waals surface area contributed by atoms with Crippen molar-refractivity contribution in [2.45, 2.75) is 17.6 Å². The Labute approximate surface area is 174 Å². The first kappa shape index (κ1) is 19.5. The van der Waals surface area contributed by atoms with Crippen LogP contribution in [0, 0.1) is 6.92 Å². The second-order valence-electron chi connectivity index (χ2n) is 6.78. The molecule has 0 amide bonds. The Bertz CT molecular complexity index is 1280. The van der Waals surface area contributed by atoms with Gasteiger partial charge in [0.05, 0.1) is 34.2 Å². The lowest BCUT2D eigenvalue weighted by Crippen LogP contribution is -2.08. The van der Waals surface area contributed by atoms with Gasteiger partial charge in [0.15, 0.2) is 9.84 Å². The second-order valence-corrected chi connectivity index (χ2v) is 9.21. The van der Waals surface area contributed by atoms with Crippen molar-refractivity contribution in [1.29, 1.82) is 0 Å². The normalized spacial score (nSPS) is 11.7. The summed E-state index contributed by atoms with van der Waals surface area (Å²) < 4.78 is 33.2. The monoisotopic (exact) mass is 426 g/mol. The van der Waals surface area contributed by atoms with Crippen LogP contribution in [-0.4, -0.2) is 24.9 Å². The number of methoxy groups -OCH3 is 1. The molecule has 0 N–H and O–H groups in total. The maximum absolute atomic E-state index is 13.1. The van der Waals surface area contributed by atoms with E-state index in [4.69, 9.17) is 16.3 Å². The van der Waals surface area contributed by atoms with E-state index in [1.54, 1.807) is 54.1 Å². The molecule has 0 aliphatic carbocycles. The zero-order valence-corrected chi connectivity index (χ0v) is 17.5. The van der Waals surface area contributed by atoms with Gasteiger partial charge in [-0.15, -0.1) is 0 Å². The van der Waals surface area contributed by atoms with E-state index in [2.05, 4.69) is 4.98 Å². The first-order valence-electron chi connectivity index (χ1n) is 8.98.